The van der Waals surface area contributed by atoms with E-state index in [9.17, 15) is 9.59 Å². The summed E-state index contributed by atoms with van der Waals surface area (Å²) in [6.45, 7) is 0.394. The largest absolute Gasteiger partial charge is 0.496 e. The van der Waals surface area contributed by atoms with Crippen LogP contribution in [0.2, 0.25) is 0 Å². The Labute approximate surface area is 128 Å². The predicted octanol–water partition coefficient (Wildman–Crippen LogP) is 2.41. The fourth-order valence-electron chi connectivity index (χ4n) is 2.00. The maximum Gasteiger partial charge on any atom is 0.337 e. The number of methoxy groups -OCH3 is 2. The minimum Gasteiger partial charge on any atom is -0.496 e. The third-order valence-corrected chi connectivity index (χ3v) is 3.16. The summed E-state index contributed by atoms with van der Waals surface area (Å²) < 4.78 is 9.84. The summed E-state index contributed by atoms with van der Waals surface area (Å²) in [5.41, 5.74) is 1.58. The maximum absolute atomic E-state index is 12.3. The Morgan fingerprint density at radius 1 is 1.05 bits per heavy atom. The first-order valence-electron chi connectivity index (χ1n) is 6.74. The lowest BCUT2D eigenvalue weighted by atomic mass is 10.1. The fraction of sp³-hybridized carbons (Fsp3) is 0.176. The van der Waals surface area contributed by atoms with E-state index >= 15 is 0 Å². The quantitative estimate of drug-likeness (QED) is 0.861. The molecular formula is C17H17NO4. The average molecular weight is 299 g/mol. The molecule has 0 heterocycles. The number of ether oxygens (including phenoxy) is 2. The van der Waals surface area contributed by atoms with E-state index in [4.69, 9.17) is 4.74 Å². The van der Waals surface area contributed by atoms with Crippen molar-refractivity contribution in [3.8, 4) is 5.75 Å². The molecule has 0 saturated carbocycles. The third kappa shape index (κ3) is 3.63. The van der Waals surface area contributed by atoms with Crippen molar-refractivity contribution in [3.63, 3.8) is 0 Å². The van der Waals surface area contributed by atoms with E-state index in [1.54, 1.807) is 12.1 Å². The molecule has 0 radical (unpaired) electrons. The van der Waals surface area contributed by atoms with Crippen molar-refractivity contribution in [1.82, 2.24) is 5.32 Å². The fourth-order valence-corrected chi connectivity index (χ4v) is 2.00. The minimum absolute atomic E-state index is 0.293. The number of hydrogen-bond donors (Lipinski definition) is 1. The molecular weight excluding hydrogens is 282 g/mol. The number of hydrogen-bond acceptors (Lipinski definition) is 4. The van der Waals surface area contributed by atoms with E-state index in [-0.39, 0.29) is 5.91 Å². The van der Waals surface area contributed by atoms with Gasteiger partial charge in [-0.1, -0.05) is 30.3 Å². The highest BCUT2D eigenvalue weighted by Crippen LogP contribution is 2.20. The lowest BCUT2D eigenvalue weighted by Crippen LogP contribution is -2.23. The predicted molar refractivity (Wildman–Crippen MR) is 81.9 cm³/mol. The zero-order chi connectivity index (χ0) is 15.9. The Hall–Kier alpha value is -2.82. The molecule has 1 amide bonds. The van der Waals surface area contributed by atoms with Crippen LogP contribution in [0.4, 0.5) is 0 Å². The van der Waals surface area contributed by atoms with E-state index in [1.807, 2.05) is 30.3 Å². The molecule has 2 aromatic carbocycles. The highest BCUT2D eigenvalue weighted by atomic mass is 16.5. The highest BCUT2D eigenvalue weighted by Gasteiger charge is 2.16. The van der Waals surface area contributed by atoms with E-state index in [0.717, 1.165) is 5.56 Å². The molecule has 0 aliphatic heterocycles. The molecule has 0 aliphatic rings. The molecule has 0 aromatic heterocycles. The van der Waals surface area contributed by atoms with Crippen molar-refractivity contribution < 1.29 is 19.1 Å². The highest BCUT2D eigenvalue weighted by molar-refractivity contribution is 6.00. The molecule has 0 fully saturated rings. The lowest BCUT2D eigenvalue weighted by Gasteiger charge is -2.11. The molecule has 1 N–H and O–H groups in total. The van der Waals surface area contributed by atoms with Crippen LogP contribution in [0.5, 0.6) is 5.75 Å². The van der Waals surface area contributed by atoms with Crippen molar-refractivity contribution in [2.75, 3.05) is 14.2 Å². The van der Waals surface area contributed by atoms with Crippen LogP contribution in [-0.2, 0) is 11.3 Å². The molecule has 0 bridgehead atoms. The van der Waals surface area contributed by atoms with Crippen LogP contribution < -0.4 is 10.1 Å². The average Bonchev–Trinajstić information content (AvgIpc) is 2.59. The molecule has 0 aliphatic carbocycles. The van der Waals surface area contributed by atoms with Gasteiger partial charge in [0.2, 0.25) is 0 Å². The first-order valence-corrected chi connectivity index (χ1v) is 6.74. The van der Waals surface area contributed by atoms with Crippen molar-refractivity contribution in [2.24, 2.45) is 0 Å². The monoisotopic (exact) mass is 299 g/mol. The van der Waals surface area contributed by atoms with Crippen molar-refractivity contribution >= 4 is 11.9 Å². The van der Waals surface area contributed by atoms with Gasteiger partial charge in [-0.3, -0.25) is 4.79 Å². The summed E-state index contributed by atoms with van der Waals surface area (Å²) in [7, 11) is 2.77. The second kappa shape index (κ2) is 7.26. The van der Waals surface area contributed by atoms with Gasteiger partial charge in [-0.05, 0) is 23.8 Å². The molecule has 22 heavy (non-hydrogen) atoms. The molecule has 0 spiro atoms. The van der Waals surface area contributed by atoms with Crippen LogP contribution in [0, 0.1) is 0 Å². The van der Waals surface area contributed by atoms with Crippen LogP contribution >= 0.6 is 0 Å². The van der Waals surface area contributed by atoms with Gasteiger partial charge in [0.1, 0.15) is 5.75 Å². The molecule has 5 nitrogen and oxygen atoms in total. The van der Waals surface area contributed by atoms with Crippen LogP contribution in [-0.4, -0.2) is 26.1 Å². The van der Waals surface area contributed by atoms with E-state index < -0.39 is 5.97 Å². The smallest absolute Gasteiger partial charge is 0.337 e. The van der Waals surface area contributed by atoms with Crippen molar-refractivity contribution in [3.05, 3.63) is 65.2 Å². The normalized spacial score (nSPS) is 9.91. The number of carbonyl (C=O) groups is 2. The second-order valence-corrected chi connectivity index (χ2v) is 4.57. The lowest BCUT2D eigenvalue weighted by molar-refractivity contribution is 0.0600. The number of rotatable bonds is 5. The Morgan fingerprint density at radius 2 is 1.77 bits per heavy atom. The Morgan fingerprint density at radius 3 is 2.41 bits per heavy atom. The van der Waals surface area contributed by atoms with Gasteiger partial charge in [0, 0.05) is 6.54 Å². The van der Waals surface area contributed by atoms with Gasteiger partial charge < -0.3 is 14.8 Å². The molecule has 5 heteroatoms. The van der Waals surface area contributed by atoms with Crippen LogP contribution in [0.15, 0.2) is 48.5 Å². The van der Waals surface area contributed by atoms with E-state index in [1.165, 1.54) is 20.3 Å². The first kappa shape index (κ1) is 15.6. The summed E-state index contributed by atoms with van der Waals surface area (Å²) >= 11 is 0. The number of carbonyl (C=O) groups excluding carboxylic acids is 2. The zero-order valence-electron chi connectivity index (χ0n) is 12.5. The van der Waals surface area contributed by atoms with Gasteiger partial charge in [-0.25, -0.2) is 4.79 Å². The van der Waals surface area contributed by atoms with Crippen LogP contribution in [0.25, 0.3) is 0 Å². The van der Waals surface area contributed by atoms with Gasteiger partial charge >= 0.3 is 5.97 Å². The number of esters is 1. The summed E-state index contributed by atoms with van der Waals surface area (Å²) in [6.07, 6.45) is 0. The standard InChI is InChI=1S/C17H17NO4/c1-21-15-9-8-13(17(20)22-2)10-14(15)16(19)18-11-12-6-4-3-5-7-12/h3-10H,11H2,1-2H3,(H,18,19). The van der Waals surface area contributed by atoms with Crippen molar-refractivity contribution in [1.29, 1.82) is 0 Å². The summed E-state index contributed by atoms with van der Waals surface area (Å²) in [4.78, 5) is 23.9. The van der Waals surface area contributed by atoms with Crippen LogP contribution in [0.3, 0.4) is 0 Å². The molecule has 114 valence electrons. The van der Waals surface area contributed by atoms with Crippen molar-refractivity contribution in [2.45, 2.75) is 6.54 Å². The Bertz CT molecular complexity index is 668. The molecule has 2 rings (SSSR count). The molecule has 0 atom stereocenters. The summed E-state index contributed by atoms with van der Waals surface area (Å²) in [5.74, 6) is -0.413. The van der Waals surface area contributed by atoms with Gasteiger partial charge in [0.25, 0.3) is 5.91 Å². The Balaban J connectivity index is 2.18. The van der Waals surface area contributed by atoms with Gasteiger partial charge in [-0.2, -0.15) is 0 Å². The number of amides is 1. The SMILES string of the molecule is COC(=O)c1ccc(OC)c(C(=O)NCc2ccccc2)c1. The molecule has 0 unspecified atom stereocenters. The summed E-state index contributed by atoms with van der Waals surface area (Å²) in [5, 5.41) is 2.80. The number of benzene rings is 2. The maximum atomic E-state index is 12.3. The van der Waals surface area contributed by atoms with E-state index in [2.05, 4.69) is 10.1 Å². The first-order chi connectivity index (χ1) is 10.7. The van der Waals surface area contributed by atoms with E-state index in [0.29, 0.717) is 23.4 Å². The van der Waals surface area contributed by atoms with Crippen LogP contribution in [0.1, 0.15) is 26.3 Å². The molecule has 0 saturated heterocycles. The van der Waals surface area contributed by atoms with Gasteiger partial charge in [-0.15, -0.1) is 0 Å². The van der Waals surface area contributed by atoms with Gasteiger partial charge in [0.05, 0.1) is 25.3 Å². The third-order valence-electron chi connectivity index (χ3n) is 3.16. The summed E-state index contributed by atoms with van der Waals surface area (Å²) in [6, 6.07) is 14.1. The van der Waals surface area contributed by atoms with Gasteiger partial charge in [0.15, 0.2) is 0 Å². The molecule has 2 aromatic rings. The number of nitrogens with one attached hydrogen (secondary N) is 1. The second-order valence-electron chi connectivity index (χ2n) is 4.57. The Kier molecular flexibility index (Phi) is 5.14. The zero-order valence-corrected chi connectivity index (χ0v) is 12.5. The topological polar surface area (TPSA) is 64.6 Å². The minimum atomic E-state index is -0.500.